The van der Waals surface area contributed by atoms with Gasteiger partial charge in [0.1, 0.15) is 12.1 Å². The van der Waals surface area contributed by atoms with Crippen molar-refractivity contribution in [2.45, 2.75) is 48.6 Å². The topological polar surface area (TPSA) is 156 Å². The van der Waals surface area contributed by atoms with Crippen LogP contribution < -0.4 is 9.44 Å². The molecule has 4 aromatic carbocycles. The van der Waals surface area contributed by atoms with Gasteiger partial charge in [-0.15, -0.1) is 0 Å². The van der Waals surface area contributed by atoms with Gasteiger partial charge in [0, 0.05) is 0 Å². The van der Waals surface area contributed by atoms with Crippen molar-refractivity contribution in [3.05, 3.63) is 131 Å². The standard InChI is InChI=1S/C17H19NO4S.C16H17NO4S/c1-13-8-10-15(11-9-13)23(20,21)18-16(17(19)22-2)12-14-6-4-3-5-7-14;1-12-7-9-14(10-8-12)22(20,21)17-15(16(18)19)11-13-5-3-2-4-6-13/h3-11,16,18H,12H2,1-2H3;2-10,15,17H,11H2,1H3,(H,18,19). The number of carbonyl (C=O) groups excluding carboxylic acids is 1. The van der Waals surface area contributed by atoms with Gasteiger partial charge in [-0.05, 0) is 62.1 Å². The van der Waals surface area contributed by atoms with Gasteiger partial charge >= 0.3 is 11.9 Å². The SMILES string of the molecule is COC(=O)C(Cc1ccccc1)NS(=O)(=O)c1ccc(C)cc1.Cc1ccc(S(=O)(=O)NC(Cc2ccccc2)C(=O)O)cc1. The Morgan fingerprint density at radius 2 is 0.978 bits per heavy atom. The summed E-state index contributed by atoms with van der Waals surface area (Å²) in [5.74, 6) is -1.83. The molecular formula is C33H36N2O8S2. The summed E-state index contributed by atoms with van der Waals surface area (Å²) in [5, 5.41) is 9.26. The van der Waals surface area contributed by atoms with Gasteiger partial charge in [0.2, 0.25) is 20.0 Å². The molecule has 0 fully saturated rings. The van der Waals surface area contributed by atoms with Crippen LogP contribution in [0.2, 0.25) is 0 Å². The highest BCUT2D eigenvalue weighted by molar-refractivity contribution is 7.89. The molecular weight excluding hydrogens is 617 g/mol. The molecule has 45 heavy (non-hydrogen) atoms. The molecule has 0 aromatic heterocycles. The second-order valence-electron chi connectivity index (χ2n) is 10.2. The van der Waals surface area contributed by atoms with Crippen molar-refractivity contribution in [1.82, 2.24) is 9.44 Å². The van der Waals surface area contributed by atoms with Gasteiger partial charge in [-0.1, -0.05) is 96.1 Å². The number of aryl methyl sites for hydroxylation is 2. The van der Waals surface area contributed by atoms with E-state index in [-0.39, 0.29) is 22.6 Å². The molecule has 3 N–H and O–H groups in total. The molecule has 2 atom stereocenters. The highest BCUT2D eigenvalue weighted by Crippen LogP contribution is 2.14. The minimum atomic E-state index is -3.87. The van der Waals surface area contributed by atoms with Crippen LogP contribution in [0.1, 0.15) is 22.3 Å². The van der Waals surface area contributed by atoms with E-state index in [1.54, 1.807) is 48.5 Å². The molecule has 0 aliphatic heterocycles. The van der Waals surface area contributed by atoms with Gasteiger partial charge in [-0.3, -0.25) is 9.59 Å². The highest BCUT2D eigenvalue weighted by atomic mass is 32.2. The van der Waals surface area contributed by atoms with Crippen LogP contribution in [0.5, 0.6) is 0 Å². The maximum absolute atomic E-state index is 12.4. The molecule has 0 aliphatic rings. The number of sulfonamides is 2. The number of aliphatic carboxylic acids is 1. The van der Waals surface area contributed by atoms with E-state index in [2.05, 4.69) is 9.44 Å². The van der Waals surface area contributed by atoms with E-state index < -0.39 is 44.1 Å². The molecule has 0 saturated carbocycles. The maximum atomic E-state index is 12.4. The van der Waals surface area contributed by atoms with Crippen LogP contribution in [-0.4, -0.2) is 53.1 Å². The lowest BCUT2D eigenvalue weighted by Crippen LogP contribution is -2.42. The van der Waals surface area contributed by atoms with Crippen LogP contribution in [0.4, 0.5) is 0 Å². The summed E-state index contributed by atoms with van der Waals surface area (Å²) in [4.78, 5) is 23.4. The quantitative estimate of drug-likeness (QED) is 0.194. The molecule has 0 bridgehead atoms. The normalized spacial score (nSPS) is 12.7. The largest absolute Gasteiger partial charge is 0.480 e. The predicted molar refractivity (Wildman–Crippen MR) is 171 cm³/mol. The molecule has 0 aliphatic carbocycles. The van der Waals surface area contributed by atoms with E-state index in [1.165, 1.54) is 31.4 Å². The third-order valence-electron chi connectivity index (χ3n) is 6.61. The molecule has 0 radical (unpaired) electrons. The Morgan fingerprint density at radius 3 is 1.33 bits per heavy atom. The van der Waals surface area contributed by atoms with Crippen LogP contribution >= 0.6 is 0 Å². The second kappa shape index (κ2) is 16.1. The fourth-order valence-electron chi connectivity index (χ4n) is 4.14. The zero-order valence-electron chi connectivity index (χ0n) is 25.1. The smallest absolute Gasteiger partial charge is 0.324 e. The van der Waals surface area contributed by atoms with E-state index >= 15 is 0 Å². The zero-order valence-corrected chi connectivity index (χ0v) is 26.7. The van der Waals surface area contributed by atoms with Crippen molar-refractivity contribution in [3.63, 3.8) is 0 Å². The monoisotopic (exact) mass is 652 g/mol. The Hall–Kier alpha value is -4.36. The molecule has 4 aromatic rings. The predicted octanol–water partition coefficient (Wildman–Crippen LogP) is 4.03. The van der Waals surface area contributed by atoms with Gasteiger partial charge in [0.15, 0.2) is 0 Å². The number of benzene rings is 4. The van der Waals surface area contributed by atoms with Crippen LogP contribution in [0, 0.1) is 13.8 Å². The number of hydrogen-bond acceptors (Lipinski definition) is 7. The van der Waals surface area contributed by atoms with Crippen molar-refractivity contribution in [3.8, 4) is 0 Å². The van der Waals surface area contributed by atoms with E-state index in [0.717, 1.165) is 22.3 Å². The summed E-state index contributed by atoms with van der Waals surface area (Å²) >= 11 is 0. The van der Waals surface area contributed by atoms with Crippen molar-refractivity contribution in [2.75, 3.05) is 7.11 Å². The average Bonchev–Trinajstić information content (AvgIpc) is 3.01. The summed E-state index contributed by atoms with van der Waals surface area (Å²) in [5.41, 5.74) is 3.48. The zero-order chi connectivity index (χ0) is 33.0. The Morgan fingerprint density at radius 1 is 0.622 bits per heavy atom. The lowest BCUT2D eigenvalue weighted by molar-refractivity contribution is -0.142. The minimum Gasteiger partial charge on any atom is -0.480 e. The van der Waals surface area contributed by atoms with Gasteiger partial charge < -0.3 is 9.84 Å². The maximum Gasteiger partial charge on any atom is 0.324 e. The third-order valence-corrected chi connectivity index (χ3v) is 9.58. The van der Waals surface area contributed by atoms with E-state index in [9.17, 15) is 31.5 Å². The van der Waals surface area contributed by atoms with E-state index in [4.69, 9.17) is 4.74 Å². The van der Waals surface area contributed by atoms with Crippen molar-refractivity contribution >= 4 is 32.0 Å². The molecule has 238 valence electrons. The Balaban J connectivity index is 0.000000246. The Labute approximate surface area is 264 Å². The first-order valence-electron chi connectivity index (χ1n) is 13.9. The molecule has 0 amide bonds. The molecule has 0 spiro atoms. The molecule has 2 unspecified atom stereocenters. The molecule has 0 saturated heterocycles. The van der Waals surface area contributed by atoms with Gasteiger partial charge in [-0.25, -0.2) is 16.8 Å². The summed E-state index contributed by atoms with van der Waals surface area (Å²) in [6, 6.07) is 28.6. The summed E-state index contributed by atoms with van der Waals surface area (Å²) in [7, 11) is -6.44. The first-order valence-corrected chi connectivity index (χ1v) is 16.8. The number of esters is 1. The van der Waals surface area contributed by atoms with Crippen molar-refractivity contribution in [2.24, 2.45) is 0 Å². The number of carbonyl (C=O) groups is 2. The fourth-order valence-corrected chi connectivity index (χ4v) is 6.51. The molecule has 12 heteroatoms. The van der Waals surface area contributed by atoms with Crippen molar-refractivity contribution in [1.29, 1.82) is 0 Å². The van der Waals surface area contributed by atoms with Gasteiger partial charge in [0.05, 0.1) is 16.9 Å². The highest BCUT2D eigenvalue weighted by Gasteiger charge is 2.27. The lowest BCUT2D eigenvalue weighted by Gasteiger charge is -2.17. The first-order chi connectivity index (χ1) is 21.3. The Bertz CT molecular complexity index is 1760. The number of nitrogens with one attached hydrogen (secondary N) is 2. The van der Waals surface area contributed by atoms with Crippen molar-refractivity contribution < 1.29 is 36.3 Å². The van der Waals surface area contributed by atoms with E-state index in [0.29, 0.717) is 0 Å². The molecule has 0 heterocycles. The van der Waals surface area contributed by atoms with E-state index in [1.807, 2.05) is 50.2 Å². The number of ether oxygens (including phenoxy) is 1. The number of hydrogen-bond donors (Lipinski definition) is 3. The summed E-state index contributed by atoms with van der Waals surface area (Å²) in [6.07, 6.45) is 0.305. The average molecular weight is 653 g/mol. The Kier molecular flexibility index (Phi) is 12.6. The van der Waals surface area contributed by atoms with Crippen LogP contribution in [0.3, 0.4) is 0 Å². The summed E-state index contributed by atoms with van der Waals surface area (Å²) in [6.45, 7) is 3.72. The van der Waals surface area contributed by atoms with Gasteiger partial charge in [0.25, 0.3) is 0 Å². The minimum absolute atomic E-state index is 0.0532. The lowest BCUT2D eigenvalue weighted by atomic mass is 10.1. The number of rotatable bonds is 12. The van der Waals surface area contributed by atoms with Crippen LogP contribution in [0.15, 0.2) is 119 Å². The van der Waals surface area contributed by atoms with Gasteiger partial charge in [-0.2, -0.15) is 9.44 Å². The number of methoxy groups -OCH3 is 1. The molecule has 10 nitrogen and oxygen atoms in total. The van der Waals surface area contributed by atoms with Crippen LogP contribution in [0.25, 0.3) is 0 Å². The van der Waals surface area contributed by atoms with Crippen LogP contribution in [-0.2, 0) is 47.2 Å². The fraction of sp³-hybridized carbons (Fsp3) is 0.212. The second-order valence-corrected chi connectivity index (χ2v) is 13.6. The summed E-state index contributed by atoms with van der Waals surface area (Å²) < 4.78 is 58.8. The molecule has 4 rings (SSSR count). The first kappa shape index (κ1) is 35.1. The number of carboxylic acids is 1. The number of carboxylic acid groups (broad SMARTS) is 1. The third kappa shape index (κ3) is 10.9.